The number of aromatic nitrogens is 2. The van der Waals surface area contributed by atoms with E-state index in [-0.39, 0.29) is 18.2 Å². The van der Waals surface area contributed by atoms with E-state index in [9.17, 15) is 19.5 Å². The van der Waals surface area contributed by atoms with Crippen molar-refractivity contribution in [1.82, 2.24) is 25.1 Å². The van der Waals surface area contributed by atoms with Crippen LogP contribution in [-0.2, 0) is 28.3 Å². The number of carbonyl (C=O) groups excluding carboxylic acids is 3. The van der Waals surface area contributed by atoms with E-state index in [0.717, 1.165) is 62.4 Å². The number of carbonyl (C=O) groups is 3. The van der Waals surface area contributed by atoms with Gasteiger partial charge in [-0.1, -0.05) is 24.3 Å². The van der Waals surface area contributed by atoms with Gasteiger partial charge in [-0.05, 0) is 80.0 Å². The maximum Gasteiger partial charge on any atom is 0.255 e. The second kappa shape index (κ2) is 12.4. The lowest BCUT2D eigenvalue weighted by Crippen LogP contribution is -2.52. The number of piperidine rings is 3. The monoisotopic (exact) mass is 623 g/mol. The molecule has 0 spiro atoms. The van der Waals surface area contributed by atoms with E-state index in [1.54, 1.807) is 17.2 Å². The molecule has 0 aliphatic carbocycles. The van der Waals surface area contributed by atoms with Crippen LogP contribution in [0.5, 0.6) is 0 Å². The maximum atomic E-state index is 13.1. The van der Waals surface area contributed by atoms with Crippen molar-refractivity contribution in [3.05, 3.63) is 82.7 Å². The molecular weight excluding hydrogens is 582 g/mol. The van der Waals surface area contributed by atoms with Gasteiger partial charge in [-0.15, -0.1) is 0 Å². The lowest BCUT2D eigenvalue weighted by molar-refractivity contribution is -0.136. The van der Waals surface area contributed by atoms with Crippen molar-refractivity contribution < 1.29 is 19.5 Å². The molecule has 4 aliphatic rings. The highest BCUT2D eigenvalue weighted by Crippen LogP contribution is 2.37. The molecule has 3 N–H and O–H groups in total. The molecule has 1 aromatic heterocycles. The van der Waals surface area contributed by atoms with E-state index in [2.05, 4.69) is 54.7 Å². The third-order valence-electron chi connectivity index (χ3n) is 10.1. The number of amides is 3. The standard InChI is InChI=1S/C35H41N7O4/c1-23-10-15-36-34(37-23)38-27-11-16-41(17-12-27)28-5-2-24(3-6-28)21-40-18-13-35(46,14-19-40)26-4-7-29-25(20-26)22-42(33(29)45)30-8-9-31(43)39-32(30)44/h2-7,10,15,20,27,30,46H,8-9,11-14,16-19,21-22H2,1H3,(H,36,37,38)(H,39,43,44). The molecule has 3 saturated heterocycles. The number of benzene rings is 2. The number of imide groups is 1. The first kappa shape index (κ1) is 30.3. The molecule has 46 heavy (non-hydrogen) atoms. The highest BCUT2D eigenvalue weighted by Gasteiger charge is 2.41. The van der Waals surface area contributed by atoms with Gasteiger partial charge in [0.2, 0.25) is 17.8 Å². The highest BCUT2D eigenvalue weighted by molar-refractivity contribution is 6.05. The summed E-state index contributed by atoms with van der Waals surface area (Å²) in [5, 5.41) is 17.5. The molecule has 11 nitrogen and oxygen atoms in total. The number of hydrogen-bond acceptors (Lipinski definition) is 9. The predicted octanol–water partition coefficient (Wildman–Crippen LogP) is 3.11. The molecule has 3 amide bonds. The summed E-state index contributed by atoms with van der Waals surface area (Å²) in [6, 6.07) is 16.1. The average Bonchev–Trinajstić information content (AvgIpc) is 3.38. The number of nitrogens with one attached hydrogen (secondary N) is 2. The minimum absolute atomic E-state index is 0.196. The van der Waals surface area contributed by atoms with Crippen LogP contribution in [0.3, 0.4) is 0 Å². The van der Waals surface area contributed by atoms with E-state index < -0.39 is 17.6 Å². The molecule has 2 aromatic carbocycles. The zero-order chi connectivity index (χ0) is 31.8. The van der Waals surface area contributed by atoms with Gasteiger partial charge in [0.05, 0.1) is 5.60 Å². The van der Waals surface area contributed by atoms with Gasteiger partial charge in [0.1, 0.15) is 6.04 Å². The summed E-state index contributed by atoms with van der Waals surface area (Å²) in [6.45, 7) is 6.62. The Morgan fingerprint density at radius 2 is 1.74 bits per heavy atom. The van der Waals surface area contributed by atoms with E-state index in [0.29, 0.717) is 43.4 Å². The summed E-state index contributed by atoms with van der Waals surface area (Å²) < 4.78 is 0. The van der Waals surface area contributed by atoms with Crippen LogP contribution in [0.2, 0.25) is 0 Å². The molecule has 5 heterocycles. The minimum Gasteiger partial charge on any atom is -0.385 e. The van der Waals surface area contributed by atoms with Crippen LogP contribution in [-0.4, -0.2) is 80.9 Å². The van der Waals surface area contributed by atoms with Crippen LogP contribution in [0.1, 0.15) is 71.3 Å². The Bertz CT molecular complexity index is 1630. The van der Waals surface area contributed by atoms with E-state index in [1.165, 1.54) is 11.3 Å². The van der Waals surface area contributed by atoms with Crippen molar-refractivity contribution in [3.63, 3.8) is 0 Å². The molecular formula is C35H41N7O4. The number of fused-ring (bicyclic) bond motifs is 1. The van der Waals surface area contributed by atoms with Crippen LogP contribution in [0.15, 0.2) is 54.7 Å². The number of likely N-dealkylation sites (tertiary alicyclic amines) is 1. The van der Waals surface area contributed by atoms with Gasteiger partial charge in [0, 0.05) is 74.9 Å². The number of aliphatic hydroxyl groups is 1. The van der Waals surface area contributed by atoms with Crippen molar-refractivity contribution in [1.29, 1.82) is 0 Å². The van der Waals surface area contributed by atoms with Gasteiger partial charge in [-0.3, -0.25) is 24.6 Å². The fraction of sp³-hybridized carbons (Fsp3) is 0.457. The molecule has 11 heteroatoms. The van der Waals surface area contributed by atoms with Gasteiger partial charge >= 0.3 is 0 Å². The molecule has 4 aliphatic heterocycles. The van der Waals surface area contributed by atoms with Crippen LogP contribution in [0, 0.1) is 6.92 Å². The lowest BCUT2D eigenvalue weighted by atomic mass is 9.83. The normalized spacial score (nSPS) is 22.1. The van der Waals surface area contributed by atoms with E-state index in [4.69, 9.17) is 0 Å². The van der Waals surface area contributed by atoms with Gasteiger partial charge < -0.3 is 20.2 Å². The first-order chi connectivity index (χ1) is 22.2. The van der Waals surface area contributed by atoms with Crippen molar-refractivity contribution in [2.24, 2.45) is 0 Å². The van der Waals surface area contributed by atoms with Crippen LogP contribution in [0.4, 0.5) is 11.6 Å². The zero-order valence-corrected chi connectivity index (χ0v) is 26.2. The fourth-order valence-electron chi connectivity index (χ4n) is 7.29. The Morgan fingerprint density at radius 1 is 0.978 bits per heavy atom. The Balaban J connectivity index is 0.905. The van der Waals surface area contributed by atoms with E-state index >= 15 is 0 Å². The quantitative estimate of drug-likeness (QED) is 0.340. The molecule has 1 atom stereocenters. The van der Waals surface area contributed by atoms with E-state index in [1.807, 2.05) is 25.1 Å². The van der Waals surface area contributed by atoms with Crippen molar-refractivity contribution in [2.75, 3.05) is 36.4 Å². The molecule has 7 rings (SSSR count). The maximum absolute atomic E-state index is 13.1. The zero-order valence-electron chi connectivity index (χ0n) is 26.2. The predicted molar refractivity (Wildman–Crippen MR) is 173 cm³/mol. The molecule has 0 bridgehead atoms. The second-order valence-corrected chi connectivity index (χ2v) is 13.2. The summed E-state index contributed by atoms with van der Waals surface area (Å²) >= 11 is 0. The highest BCUT2D eigenvalue weighted by atomic mass is 16.3. The number of aryl methyl sites for hydroxylation is 1. The number of rotatable bonds is 7. The summed E-state index contributed by atoms with van der Waals surface area (Å²) in [5.74, 6) is -0.200. The first-order valence-corrected chi connectivity index (χ1v) is 16.4. The smallest absolute Gasteiger partial charge is 0.255 e. The SMILES string of the molecule is Cc1ccnc(NC2CCN(c3ccc(CN4CCC(O)(c5ccc6c(c5)CN(C5CCC(=O)NC5=O)C6=O)CC4)cc3)CC2)n1. The van der Waals surface area contributed by atoms with Gasteiger partial charge in [0.15, 0.2) is 0 Å². The molecule has 3 fully saturated rings. The van der Waals surface area contributed by atoms with Gasteiger partial charge in [0.25, 0.3) is 5.91 Å². The second-order valence-electron chi connectivity index (χ2n) is 13.2. The van der Waals surface area contributed by atoms with Crippen LogP contribution < -0.4 is 15.5 Å². The topological polar surface area (TPSA) is 131 Å². The minimum atomic E-state index is -0.965. The van der Waals surface area contributed by atoms with Crippen LogP contribution >= 0.6 is 0 Å². The Morgan fingerprint density at radius 3 is 2.46 bits per heavy atom. The lowest BCUT2D eigenvalue weighted by Gasteiger charge is -2.39. The largest absolute Gasteiger partial charge is 0.385 e. The summed E-state index contributed by atoms with van der Waals surface area (Å²) in [6.07, 6.45) is 5.64. The van der Waals surface area contributed by atoms with Crippen molar-refractivity contribution in [2.45, 2.75) is 76.2 Å². The van der Waals surface area contributed by atoms with Crippen LogP contribution in [0.25, 0.3) is 0 Å². The number of nitrogens with zero attached hydrogens (tertiary/aromatic N) is 5. The molecule has 0 radical (unpaired) electrons. The fourth-order valence-corrected chi connectivity index (χ4v) is 7.29. The summed E-state index contributed by atoms with van der Waals surface area (Å²) in [4.78, 5) is 52.2. The molecule has 1 unspecified atom stereocenters. The van der Waals surface area contributed by atoms with Gasteiger partial charge in [-0.2, -0.15) is 0 Å². The third-order valence-corrected chi connectivity index (χ3v) is 10.1. The van der Waals surface area contributed by atoms with Crippen molar-refractivity contribution in [3.8, 4) is 0 Å². The Kier molecular flexibility index (Phi) is 8.20. The molecule has 3 aromatic rings. The third kappa shape index (κ3) is 6.21. The Labute approximate surface area is 269 Å². The summed E-state index contributed by atoms with van der Waals surface area (Å²) in [5.41, 5.74) is 4.71. The number of hydrogen-bond donors (Lipinski definition) is 3. The first-order valence-electron chi connectivity index (χ1n) is 16.4. The summed E-state index contributed by atoms with van der Waals surface area (Å²) in [7, 11) is 0. The van der Waals surface area contributed by atoms with Crippen molar-refractivity contribution >= 4 is 29.4 Å². The van der Waals surface area contributed by atoms with Gasteiger partial charge in [-0.25, -0.2) is 9.97 Å². The Hall–Kier alpha value is -4.35. The molecule has 240 valence electrons. The molecule has 0 saturated carbocycles. The number of anilines is 2. The average molecular weight is 624 g/mol.